The van der Waals surface area contributed by atoms with Crippen molar-refractivity contribution in [3.63, 3.8) is 0 Å². The van der Waals surface area contributed by atoms with E-state index in [-0.39, 0.29) is 5.91 Å². The Morgan fingerprint density at radius 1 is 1.19 bits per heavy atom. The van der Waals surface area contributed by atoms with E-state index in [2.05, 4.69) is 25.8 Å². The maximum absolute atomic E-state index is 12.9. The van der Waals surface area contributed by atoms with E-state index in [9.17, 15) is 4.79 Å². The third-order valence-electron chi connectivity index (χ3n) is 4.70. The van der Waals surface area contributed by atoms with Crippen LogP contribution in [-0.2, 0) is 0 Å². The van der Waals surface area contributed by atoms with Crippen molar-refractivity contribution in [2.45, 2.75) is 6.92 Å². The Morgan fingerprint density at radius 2 is 1.96 bits per heavy atom. The van der Waals surface area contributed by atoms with Crippen LogP contribution in [0.4, 0.5) is 5.82 Å². The van der Waals surface area contributed by atoms with Gasteiger partial charge in [-0.15, -0.1) is 0 Å². The molecule has 1 aliphatic heterocycles. The monoisotopic (exact) mass is 433 g/mol. The van der Waals surface area contributed by atoms with Crippen molar-refractivity contribution in [1.82, 2.24) is 9.88 Å². The van der Waals surface area contributed by atoms with Crippen molar-refractivity contribution in [1.29, 1.82) is 0 Å². The second kappa shape index (κ2) is 6.93. The van der Waals surface area contributed by atoms with Gasteiger partial charge in [-0.2, -0.15) is 0 Å². The van der Waals surface area contributed by atoms with E-state index >= 15 is 0 Å². The molecular weight excluding hydrogens is 418 g/mol. The van der Waals surface area contributed by atoms with Gasteiger partial charge in [0.1, 0.15) is 11.4 Å². The summed E-state index contributed by atoms with van der Waals surface area (Å²) in [5.74, 6) is 1.26. The number of hydrogen-bond acceptors (Lipinski definition) is 4. The first-order valence-electron chi connectivity index (χ1n) is 8.37. The fourth-order valence-corrected chi connectivity index (χ4v) is 3.64. The van der Waals surface area contributed by atoms with E-state index < -0.39 is 0 Å². The van der Waals surface area contributed by atoms with Gasteiger partial charge in [0.05, 0.1) is 0 Å². The maximum Gasteiger partial charge on any atom is 0.290 e. The van der Waals surface area contributed by atoms with Gasteiger partial charge in [0.2, 0.25) is 0 Å². The van der Waals surface area contributed by atoms with Crippen LogP contribution in [0.5, 0.6) is 0 Å². The maximum atomic E-state index is 12.9. The molecule has 2 aromatic heterocycles. The molecule has 7 heteroatoms. The molecule has 0 bridgehead atoms. The van der Waals surface area contributed by atoms with Gasteiger partial charge in [-0.05, 0) is 53.2 Å². The molecule has 3 heterocycles. The number of benzene rings is 1. The van der Waals surface area contributed by atoms with Gasteiger partial charge >= 0.3 is 0 Å². The third kappa shape index (κ3) is 3.19. The molecule has 0 radical (unpaired) electrons. The predicted molar refractivity (Wildman–Crippen MR) is 106 cm³/mol. The Labute approximate surface area is 164 Å². The second-order valence-corrected chi connectivity index (χ2v) is 7.66. The van der Waals surface area contributed by atoms with Crippen molar-refractivity contribution in [2.75, 3.05) is 31.1 Å². The molecule has 0 N–H and O–H groups in total. The number of aryl methyl sites for hydroxylation is 1. The number of anilines is 1. The Kier molecular flexibility index (Phi) is 4.63. The van der Waals surface area contributed by atoms with Gasteiger partial charge in [0.25, 0.3) is 5.91 Å². The molecule has 5 nitrogen and oxygen atoms in total. The number of halogens is 2. The fourth-order valence-electron chi connectivity index (χ4n) is 3.23. The fraction of sp³-hybridized carbons (Fsp3) is 0.263. The molecule has 1 amide bonds. The second-order valence-electron chi connectivity index (χ2n) is 6.31. The van der Waals surface area contributed by atoms with E-state index in [1.807, 2.05) is 30.0 Å². The van der Waals surface area contributed by atoms with Crippen molar-refractivity contribution >= 4 is 50.2 Å². The summed E-state index contributed by atoms with van der Waals surface area (Å²) in [4.78, 5) is 21.4. The molecule has 0 aliphatic carbocycles. The lowest BCUT2D eigenvalue weighted by Gasteiger charge is -2.35. The number of aromatic nitrogens is 1. The average molecular weight is 435 g/mol. The zero-order chi connectivity index (χ0) is 18.3. The molecule has 1 aromatic carbocycles. The molecule has 26 heavy (non-hydrogen) atoms. The Bertz CT molecular complexity index is 963. The number of rotatable bonds is 2. The lowest BCUT2D eigenvalue weighted by molar-refractivity contribution is 0.0716. The first-order chi connectivity index (χ1) is 12.5. The number of carbonyl (C=O) groups is 1. The summed E-state index contributed by atoms with van der Waals surface area (Å²) < 4.78 is 6.77. The van der Waals surface area contributed by atoms with Crippen molar-refractivity contribution in [3.8, 4) is 0 Å². The minimum absolute atomic E-state index is 0.0711. The quantitative estimate of drug-likeness (QED) is 0.595. The zero-order valence-electron chi connectivity index (χ0n) is 14.2. The van der Waals surface area contributed by atoms with E-state index in [0.717, 1.165) is 34.3 Å². The van der Waals surface area contributed by atoms with Gasteiger partial charge in [-0.1, -0.05) is 11.6 Å². The highest BCUT2D eigenvalue weighted by molar-refractivity contribution is 9.10. The van der Waals surface area contributed by atoms with Crippen molar-refractivity contribution < 1.29 is 9.21 Å². The van der Waals surface area contributed by atoms with E-state index in [1.165, 1.54) is 0 Å². The number of amides is 1. The molecule has 134 valence electrons. The number of carbonyl (C=O) groups excluding carboxylic acids is 1. The number of pyridine rings is 1. The third-order valence-corrected chi connectivity index (χ3v) is 5.40. The van der Waals surface area contributed by atoms with E-state index in [4.69, 9.17) is 16.0 Å². The SMILES string of the molecule is Cc1c(C(=O)N2CCN(c3ccc(Br)cn3)CC2)oc2ccc(Cl)cc12. The molecular formula is C19H17BrClN3O2. The highest BCUT2D eigenvalue weighted by Gasteiger charge is 2.27. The summed E-state index contributed by atoms with van der Waals surface area (Å²) in [7, 11) is 0. The number of furan rings is 1. The lowest BCUT2D eigenvalue weighted by Crippen LogP contribution is -2.49. The van der Waals surface area contributed by atoms with Gasteiger partial charge in [-0.25, -0.2) is 4.98 Å². The Morgan fingerprint density at radius 3 is 2.65 bits per heavy atom. The minimum Gasteiger partial charge on any atom is -0.451 e. The lowest BCUT2D eigenvalue weighted by atomic mass is 10.1. The number of fused-ring (bicyclic) bond motifs is 1. The van der Waals surface area contributed by atoms with Gasteiger partial charge in [-0.3, -0.25) is 4.79 Å². The van der Waals surface area contributed by atoms with Crippen molar-refractivity contribution in [2.24, 2.45) is 0 Å². The molecule has 0 saturated carbocycles. The van der Waals surface area contributed by atoms with Crippen LogP contribution in [0.3, 0.4) is 0 Å². The number of hydrogen-bond donors (Lipinski definition) is 0. The normalized spacial score (nSPS) is 14.9. The number of nitrogens with zero attached hydrogens (tertiary/aromatic N) is 3. The minimum atomic E-state index is -0.0711. The Balaban J connectivity index is 1.50. The smallest absolute Gasteiger partial charge is 0.290 e. The molecule has 0 unspecified atom stereocenters. The average Bonchev–Trinajstić information content (AvgIpc) is 2.98. The van der Waals surface area contributed by atoms with Crippen LogP contribution in [0, 0.1) is 6.92 Å². The summed E-state index contributed by atoms with van der Waals surface area (Å²) in [6, 6.07) is 9.37. The van der Waals surface area contributed by atoms with Crippen LogP contribution in [0.15, 0.2) is 45.4 Å². The van der Waals surface area contributed by atoms with Gasteiger partial charge in [0.15, 0.2) is 5.76 Å². The predicted octanol–water partition coefficient (Wildman–Crippen LogP) is 4.51. The summed E-state index contributed by atoms with van der Waals surface area (Å²) in [6.07, 6.45) is 1.79. The van der Waals surface area contributed by atoms with Crippen LogP contribution < -0.4 is 4.90 Å². The zero-order valence-corrected chi connectivity index (χ0v) is 16.5. The molecule has 1 fully saturated rings. The summed E-state index contributed by atoms with van der Waals surface area (Å²) >= 11 is 9.46. The number of piperazine rings is 1. The van der Waals surface area contributed by atoms with Crippen LogP contribution in [0.2, 0.25) is 5.02 Å². The van der Waals surface area contributed by atoms with Crippen LogP contribution >= 0.6 is 27.5 Å². The summed E-state index contributed by atoms with van der Waals surface area (Å²) in [5.41, 5.74) is 1.53. The highest BCUT2D eigenvalue weighted by Crippen LogP contribution is 2.29. The molecule has 4 rings (SSSR count). The first-order valence-corrected chi connectivity index (χ1v) is 9.54. The molecule has 1 saturated heterocycles. The van der Waals surface area contributed by atoms with Gasteiger partial charge in [0, 0.05) is 52.8 Å². The molecule has 0 atom stereocenters. The standard InChI is InChI=1S/C19H17BrClN3O2/c1-12-15-10-14(21)3-4-16(15)26-18(12)19(25)24-8-6-23(7-9-24)17-5-2-13(20)11-22-17/h2-5,10-11H,6-9H2,1H3. The van der Waals surface area contributed by atoms with Gasteiger partial charge < -0.3 is 14.2 Å². The molecule has 1 aliphatic rings. The molecule has 0 spiro atoms. The van der Waals surface area contributed by atoms with Crippen LogP contribution in [0.1, 0.15) is 16.1 Å². The topological polar surface area (TPSA) is 49.6 Å². The highest BCUT2D eigenvalue weighted by atomic mass is 79.9. The van der Waals surface area contributed by atoms with E-state index in [0.29, 0.717) is 29.5 Å². The van der Waals surface area contributed by atoms with Crippen molar-refractivity contribution in [3.05, 3.63) is 57.3 Å². The Hall–Kier alpha value is -2.05. The summed E-state index contributed by atoms with van der Waals surface area (Å²) in [5, 5.41) is 1.52. The van der Waals surface area contributed by atoms with E-state index in [1.54, 1.807) is 18.3 Å². The molecule has 3 aromatic rings. The van der Waals surface area contributed by atoms with Crippen LogP contribution in [0.25, 0.3) is 11.0 Å². The largest absolute Gasteiger partial charge is 0.451 e. The summed E-state index contributed by atoms with van der Waals surface area (Å²) in [6.45, 7) is 4.65. The first kappa shape index (κ1) is 17.4. The van der Waals surface area contributed by atoms with Crippen LogP contribution in [-0.4, -0.2) is 42.0 Å².